The summed E-state index contributed by atoms with van der Waals surface area (Å²) in [6.07, 6.45) is 4.25. The van der Waals surface area contributed by atoms with Gasteiger partial charge in [0.05, 0.1) is 7.11 Å². The van der Waals surface area contributed by atoms with Crippen molar-refractivity contribution in [1.29, 1.82) is 0 Å². The van der Waals surface area contributed by atoms with Crippen LogP contribution in [0.5, 0.6) is 0 Å². The maximum Gasteiger partial charge on any atom is 0.323 e. The molecule has 1 aliphatic carbocycles. The van der Waals surface area contributed by atoms with Gasteiger partial charge in [0.25, 0.3) is 0 Å². The number of piperidine rings is 1. The third-order valence-corrected chi connectivity index (χ3v) is 5.75. The largest absolute Gasteiger partial charge is 0.468 e. The van der Waals surface area contributed by atoms with Crippen LogP contribution in [0.15, 0.2) is 48.5 Å². The molecule has 1 fully saturated rings. The van der Waals surface area contributed by atoms with Crippen LogP contribution in [0.4, 0.5) is 0 Å². The van der Waals surface area contributed by atoms with Crippen molar-refractivity contribution in [1.82, 2.24) is 4.90 Å². The monoisotopic (exact) mass is 335 g/mol. The van der Waals surface area contributed by atoms with E-state index in [1.54, 1.807) is 0 Å². The normalized spacial score (nSPS) is 20.1. The molecule has 1 unspecified atom stereocenters. The van der Waals surface area contributed by atoms with Gasteiger partial charge in [-0.1, -0.05) is 55.0 Å². The molecular weight excluding hydrogens is 310 g/mol. The maximum absolute atomic E-state index is 12.1. The molecule has 1 saturated heterocycles. The van der Waals surface area contributed by atoms with E-state index in [9.17, 15) is 4.79 Å². The van der Waals surface area contributed by atoms with Gasteiger partial charge in [0.2, 0.25) is 0 Å². The van der Waals surface area contributed by atoms with Crippen molar-refractivity contribution >= 4 is 5.97 Å². The van der Waals surface area contributed by atoms with Gasteiger partial charge in [-0.05, 0) is 54.6 Å². The quantitative estimate of drug-likeness (QED) is 0.784. The third kappa shape index (κ3) is 2.98. The Morgan fingerprint density at radius 2 is 1.68 bits per heavy atom. The third-order valence-electron chi connectivity index (χ3n) is 5.75. The van der Waals surface area contributed by atoms with Gasteiger partial charge in [-0.25, -0.2) is 0 Å². The van der Waals surface area contributed by atoms with Crippen molar-refractivity contribution in [2.75, 3.05) is 20.2 Å². The van der Waals surface area contributed by atoms with Crippen LogP contribution in [0, 0.1) is 0 Å². The smallest absolute Gasteiger partial charge is 0.323 e. The molecule has 25 heavy (non-hydrogen) atoms. The first kappa shape index (κ1) is 16.3. The van der Waals surface area contributed by atoms with Crippen molar-refractivity contribution in [3.05, 3.63) is 59.7 Å². The molecule has 3 heteroatoms. The number of ether oxygens (including phenoxy) is 1. The Kier molecular flexibility index (Phi) is 4.58. The highest BCUT2D eigenvalue weighted by Gasteiger charge is 2.32. The second kappa shape index (κ2) is 7.01. The maximum atomic E-state index is 12.1. The highest BCUT2D eigenvalue weighted by atomic mass is 16.5. The Hall–Kier alpha value is -2.13. The number of rotatable bonds is 4. The summed E-state index contributed by atoms with van der Waals surface area (Å²) in [5, 5.41) is 0. The van der Waals surface area contributed by atoms with E-state index in [4.69, 9.17) is 4.74 Å². The second-order valence-corrected chi connectivity index (χ2v) is 7.09. The molecular formula is C22H25NO2. The van der Waals surface area contributed by atoms with Crippen molar-refractivity contribution < 1.29 is 9.53 Å². The van der Waals surface area contributed by atoms with Crippen molar-refractivity contribution in [2.24, 2.45) is 0 Å². The lowest BCUT2D eigenvalue weighted by Gasteiger charge is -2.34. The summed E-state index contributed by atoms with van der Waals surface area (Å²) in [6.45, 7) is 1.93. The molecule has 1 aliphatic heterocycles. The van der Waals surface area contributed by atoms with E-state index in [1.807, 2.05) is 0 Å². The topological polar surface area (TPSA) is 29.5 Å². The standard InChI is InChI=1S/C22H25NO2/c1-25-22(24)21-12-6-7-14-23(21)15-13-20-18-10-4-2-8-16(18)17-9-3-5-11-19(17)20/h2-5,8-11,20-21H,6-7,12-15H2,1H3. The fourth-order valence-corrected chi connectivity index (χ4v) is 4.53. The molecule has 0 saturated carbocycles. The molecule has 0 bridgehead atoms. The molecule has 4 rings (SSSR count). The Bertz CT molecular complexity index is 725. The molecule has 0 amide bonds. The van der Waals surface area contributed by atoms with Gasteiger partial charge in [-0.3, -0.25) is 9.69 Å². The van der Waals surface area contributed by atoms with Gasteiger partial charge in [0.1, 0.15) is 6.04 Å². The molecule has 1 atom stereocenters. The molecule has 2 aromatic carbocycles. The van der Waals surface area contributed by atoms with E-state index in [-0.39, 0.29) is 12.0 Å². The number of hydrogen-bond acceptors (Lipinski definition) is 3. The summed E-state index contributed by atoms with van der Waals surface area (Å²) >= 11 is 0. The van der Waals surface area contributed by atoms with E-state index in [0.717, 1.165) is 32.4 Å². The highest BCUT2D eigenvalue weighted by Crippen LogP contribution is 2.46. The van der Waals surface area contributed by atoms with Crippen LogP contribution in [0.25, 0.3) is 11.1 Å². The molecule has 2 aliphatic rings. The number of nitrogens with zero attached hydrogens (tertiary/aromatic N) is 1. The lowest BCUT2D eigenvalue weighted by Crippen LogP contribution is -2.45. The SMILES string of the molecule is COC(=O)C1CCCCN1CCC1c2ccccc2-c2ccccc21. The van der Waals surface area contributed by atoms with Crippen LogP contribution >= 0.6 is 0 Å². The molecule has 0 radical (unpaired) electrons. The molecule has 2 aromatic rings. The Balaban J connectivity index is 1.55. The van der Waals surface area contributed by atoms with Crippen LogP contribution < -0.4 is 0 Å². The lowest BCUT2D eigenvalue weighted by molar-refractivity contribution is -0.148. The minimum Gasteiger partial charge on any atom is -0.468 e. The first-order valence-corrected chi connectivity index (χ1v) is 9.29. The summed E-state index contributed by atoms with van der Waals surface area (Å²) in [7, 11) is 1.50. The van der Waals surface area contributed by atoms with Gasteiger partial charge >= 0.3 is 5.97 Å². The van der Waals surface area contributed by atoms with Gasteiger partial charge < -0.3 is 4.74 Å². The minimum absolute atomic E-state index is 0.0642. The Labute approximate surface area is 149 Å². The van der Waals surface area contributed by atoms with E-state index in [2.05, 4.69) is 53.4 Å². The van der Waals surface area contributed by atoms with Crippen LogP contribution in [0.1, 0.15) is 42.7 Å². The second-order valence-electron chi connectivity index (χ2n) is 7.09. The number of carbonyl (C=O) groups excluding carboxylic acids is 1. The number of fused-ring (bicyclic) bond motifs is 3. The average molecular weight is 335 g/mol. The zero-order chi connectivity index (χ0) is 17.2. The molecule has 130 valence electrons. The summed E-state index contributed by atoms with van der Waals surface area (Å²) < 4.78 is 5.02. The first-order chi connectivity index (χ1) is 12.3. The van der Waals surface area contributed by atoms with Gasteiger partial charge in [-0.2, -0.15) is 0 Å². The minimum atomic E-state index is -0.0769. The fraction of sp³-hybridized carbons (Fsp3) is 0.409. The van der Waals surface area contributed by atoms with Crippen LogP contribution in [-0.4, -0.2) is 37.1 Å². The van der Waals surface area contributed by atoms with Crippen LogP contribution in [0.2, 0.25) is 0 Å². The summed E-state index contributed by atoms with van der Waals surface area (Å²) in [6, 6.07) is 17.4. The van der Waals surface area contributed by atoms with Gasteiger partial charge in [-0.15, -0.1) is 0 Å². The molecule has 0 spiro atoms. The predicted molar refractivity (Wildman–Crippen MR) is 99.6 cm³/mol. The van der Waals surface area contributed by atoms with E-state index in [1.165, 1.54) is 35.8 Å². The van der Waals surface area contributed by atoms with E-state index in [0.29, 0.717) is 5.92 Å². The van der Waals surface area contributed by atoms with Crippen LogP contribution in [-0.2, 0) is 9.53 Å². The number of benzene rings is 2. The number of methoxy groups -OCH3 is 1. The lowest BCUT2D eigenvalue weighted by atomic mass is 9.92. The summed E-state index contributed by atoms with van der Waals surface area (Å²) in [5.41, 5.74) is 5.59. The number of carbonyl (C=O) groups is 1. The zero-order valence-electron chi connectivity index (χ0n) is 14.8. The van der Waals surface area contributed by atoms with Crippen molar-refractivity contribution in [2.45, 2.75) is 37.6 Å². The highest BCUT2D eigenvalue weighted by molar-refractivity contribution is 5.78. The molecule has 3 nitrogen and oxygen atoms in total. The van der Waals surface area contributed by atoms with Crippen molar-refractivity contribution in [3.8, 4) is 11.1 Å². The number of likely N-dealkylation sites (tertiary alicyclic amines) is 1. The Morgan fingerprint density at radius 3 is 2.32 bits per heavy atom. The average Bonchev–Trinajstić information content (AvgIpc) is 3.00. The molecule has 1 heterocycles. The summed E-state index contributed by atoms with van der Waals surface area (Å²) in [4.78, 5) is 14.4. The predicted octanol–water partition coefficient (Wildman–Crippen LogP) is 4.22. The van der Waals surface area contributed by atoms with Crippen LogP contribution in [0.3, 0.4) is 0 Å². The molecule has 0 aromatic heterocycles. The van der Waals surface area contributed by atoms with Crippen molar-refractivity contribution in [3.63, 3.8) is 0 Å². The summed E-state index contributed by atoms with van der Waals surface area (Å²) in [5.74, 6) is 0.347. The van der Waals surface area contributed by atoms with E-state index >= 15 is 0 Å². The number of hydrogen-bond donors (Lipinski definition) is 0. The van der Waals surface area contributed by atoms with E-state index < -0.39 is 0 Å². The first-order valence-electron chi connectivity index (χ1n) is 9.29. The Morgan fingerprint density at radius 1 is 1.04 bits per heavy atom. The number of esters is 1. The zero-order valence-corrected chi connectivity index (χ0v) is 14.8. The van der Waals surface area contributed by atoms with Gasteiger partial charge in [0, 0.05) is 5.92 Å². The van der Waals surface area contributed by atoms with Gasteiger partial charge in [0.15, 0.2) is 0 Å². The fourth-order valence-electron chi connectivity index (χ4n) is 4.53. The molecule has 0 N–H and O–H groups in total.